The van der Waals surface area contributed by atoms with Crippen molar-refractivity contribution in [2.24, 2.45) is 0 Å². The molecule has 0 aliphatic carbocycles. The zero-order chi connectivity index (χ0) is 16.5. The normalized spacial score (nSPS) is 10.0. The van der Waals surface area contributed by atoms with Crippen molar-refractivity contribution in [1.82, 2.24) is 5.32 Å². The summed E-state index contributed by atoms with van der Waals surface area (Å²) >= 11 is 4.90. The Labute approximate surface area is 131 Å². The van der Waals surface area contributed by atoms with Crippen molar-refractivity contribution in [3.8, 4) is 0 Å². The summed E-state index contributed by atoms with van der Waals surface area (Å²) in [6, 6.07) is 5.50. The Balaban J connectivity index is 2.50. The third-order valence-corrected chi connectivity index (χ3v) is 2.43. The lowest BCUT2D eigenvalue weighted by atomic mass is 10.3. The topological polar surface area (TPSA) is 111 Å². The van der Waals surface area contributed by atoms with Gasteiger partial charge in [0.15, 0.2) is 5.11 Å². The van der Waals surface area contributed by atoms with Gasteiger partial charge in [-0.15, -0.1) is 0 Å². The number of hydrogen-bond donors (Lipinski definition) is 2. The molecule has 2 N–H and O–H groups in total. The Morgan fingerprint density at radius 1 is 1.32 bits per heavy atom. The largest absolute Gasteiger partial charge is 0.463 e. The monoisotopic (exact) mass is 323 g/mol. The van der Waals surface area contributed by atoms with Crippen LogP contribution >= 0.6 is 12.2 Å². The third-order valence-electron chi connectivity index (χ3n) is 2.23. The van der Waals surface area contributed by atoms with Gasteiger partial charge in [-0.05, 0) is 31.3 Å². The van der Waals surface area contributed by atoms with Crippen LogP contribution in [0.2, 0.25) is 0 Å². The first kappa shape index (κ1) is 17.2. The second kappa shape index (κ2) is 8.47. The van der Waals surface area contributed by atoms with Gasteiger partial charge in [-0.3, -0.25) is 20.2 Å². The molecule has 0 atom stereocenters. The lowest BCUT2D eigenvalue weighted by Crippen LogP contribution is -2.32. The van der Waals surface area contributed by atoms with E-state index in [1.54, 1.807) is 6.92 Å². The van der Waals surface area contributed by atoms with E-state index in [2.05, 4.69) is 15.4 Å². The number of carbonyl (C=O) groups excluding carboxylic acids is 2. The number of esters is 1. The highest BCUT2D eigenvalue weighted by atomic mass is 32.1. The smallest absolute Gasteiger partial charge is 0.330 e. The van der Waals surface area contributed by atoms with Gasteiger partial charge in [-0.2, -0.15) is 0 Å². The molecule has 1 amide bonds. The fourth-order valence-corrected chi connectivity index (χ4v) is 1.53. The van der Waals surface area contributed by atoms with Crippen LogP contribution in [0.15, 0.2) is 36.4 Å². The Morgan fingerprint density at radius 3 is 2.50 bits per heavy atom. The number of ether oxygens (including phenoxy) is 1. The Bertz CT molecular complexity index is 613. The molecule has 0 saturated heterocycles. The minimum absolute atomic E-state index is 0.00707. The van der Waals surface area contributed by atoms with Crippen LogP contribution in [0, 0.1) is 10.1 Å². The fraction of sp³-hybridized carbons (Fsp3) is 0.154. The predicted molar refractivity (Wildman–Crippen MR) is 83.2 cm³/mol. The zero-order valence-electron chi connectivity index (χ0n) is 11.6. The van der Waals surface area contributed by atoms with Crippen molar-refractivity contribution in [2.45, 2.75) is 6.92 Å². The van der Waals surface area contributed by atoms with Gasteiger partial charge in [0.1, 0.15) is 0 Å². The van der Waals surface area contributed by atoms with E-state index in [0.29, 0.717) is 5.69 Å². The number of carbonyl (C=O) groups is 2. The number of benzene rings is 1. The molecule has 116 valence electrons. The SMILES string of the molecule is CCOC(=O)/C=C/C(=O)NC(=S)Nc1ccc([N+](=O)[O-])cc1. The number of rotatable bonds is 5. The maximum Gasteiger partial charge on any atom is 0.330 e. The van der Waals surface area contributed by atoms with E-state index in [-0.39, 0.29) is 17.4 Å². The second-order valence-electron chi connectivity index (χ2n) is 3.83. The first-order chi connectivity index (χ1) is 10.4. The number of thiocarbonyl (C=S) groups is 1. The summed E-state index contributed by atoms with van der Waals surface area (Å²) in [6.45, 7) is 1.86. The van der Waals surface area contributed by atoms with Crippen LogP contribution in [-0.4, -0.2) is 28.5 Å². The zero-order valence-corrected chi connectivity index (χ0v) is 12.4. The van der Waals surface area contributed by atoms with Gasteiger partial charge in [0.25, 0.3) is 5.69 Å². The summed E-state index contributed by atoms with van der Waals surface area (Å²) in [5, 5.41) is 15.5. The van der Waals surface area contributed by atoms with Crippen LogP contribution in [0.3, 0.4) is 0 Å². The molecule has 22 heavy (non-hydrogen) atoms. The molecule has 1 rings (SSSR count). The summed E-state index contributed by atoms with van der Waals surface area (Å²) in [7, 11) is 0. The molecule has 1 aromatic rings. The highest BCUT2D eigenvalue weighted by Crippen LogP contribution is 2.15. The molecule has 1 aromatic carbocycles. The van der Waals surface area contributed by atoms with E-state index in [9.17, 15) is 19.7 Å². The predicted octanol–water partition coefficient (Wildman–Crippen LogP) is 1.53. The first-order valence-corrected chi connectivity index (χ1v) is 6.54. The molecule has 0 saturated carbocycles. The molecule has 8 nitrogen and oxygen atoms in total. The average Bonchev–Trinajstić information content (AvgIpc) is 2.46. The van der Waals surface area contributed by atoms with Crippen LogP contribution in [-0.2, 0) is 14.3 Å². The van der Waals surface area contributed by atoms with Crippen molar-refractivity contribution in [3.63, 3.8) is 0 Å². The van der Waals surface area contributed by atoms with Crippen molar-refractivity contribution < 1.29 is 19.2 Å². The Morgan fingerprint density at radius 2 is 1.95 bits per heavy atom. The maximum atomic E-state index is 11.5. The summed E-state index contributed by atoms with van der Waals surface area (Å²) < 4.78 is 4.61. The van der Waals surface area contributed by atoms with Gasteiger partial charge < -0.3 is 10.1 Å². The highest BCUT2D eigenvalue weighted by molar-refractivity contribution is 7.80. The molecule has 0 aliphatic rings. The van der Waals surface area contributed by atoms with Crippen LogP contribution < -0.4 is 10.6 Å². The van der Waals surface area contributed by atoms with Gasteiger partial charge in [-0.1, -0.05) is 0 Å². The number of nitro groups is 1. The van der Waals surface area contributed by atoms with E-state index >= 15 is 0 Å². The van der Waals surface area contributed by atoms with Crippen molar-refractivity contribution in [1.29, 1.82) is 0 Å². The number of non-ortho nitro benzene ring substituents is 1. The lowest BCUT2D eigenvalue weighted by molar-refractivity contribution is -0.384. The van der Waals surface area contributed by atoms with Gasteiger partial charge in [0, 0.05) is 30.0 Å². The molecule has 0 aromatic heterocycles. The molecule has 0 heterocycles. The molecule has 0 radical (unpaired) electrons. The second-order valence-corrected chi connectivity index (χ2v) is 4.24. The maximum absolute atomic E-state index is 11.5. The molecule has 0 fully saturated rings. The molecule has 0 bridgehead atoms. The molecule has 0 unspecified atom stereocenters. The third kappa shape index (κ3) is 6.09. The number of hydrogen-bond acceptors (Lipinski definition) is 6. The van der Waals surface area contributed by atoms with Crippen molar-refractivity contribution in [2.75, 3.05) is 11.9 Å². The first-order valence-electron chi connectivity index (χ1n) is 6.13. The summed E-state index contributed by atoms with van der Waals surface area (Å²) in [5.41, 5.74) is 0.420. The summed E-state index contributed by atoms with van der Waals surface area (Å²) in [6.07, 6.45) is 1.97. The van der Waals surface area contributed by atoms with E-state index in [4.69, 9.17) is 12.2 Å². The molecule has 0 aliphatic heterocycles. The molecular weight excluding hydrogens is 310 g/mol. The standard InChI is InChI=1S/C13H13N3O5S/c1-2-21-12(18)8-7-11(17)15-13(22)14-9-3-5-10(6-4-9)16(19)20/h3-8H,2H2,1H3,(H2,14,15,17,22)/b8-7+. The van der Waals surface area contributed by atoms with Crippen LogP contribution in [0.25, 0.3) is 0 Å². The van der Waals surface area contributed by atoms with Crippen molar-refractivity contribution in [3.05, 3.63) is 46.5 Å². The summed E-state index contributed by atoms with van der Waals surface area (Å²) in [4.78, 5) is 32.5. The van der Waals surface area contributed by atoms with Crippen LogP contribution in [0.5, 0.6) is 0 Å². The highest BCUT2D eigenvalue weighted by Gasteiger charge is 2.06. The number of amides is 1. The quantitative estimate of drug-likeness (QED) is 0.278. The minimum atomic E-state index is -0.633. The van der Waals surface area contributed by atoms with Crippen LogP contribution in [0.1, 0.15) is 6.92 Å². The van der Waals surface area contributed by atoms with E-state index in [0.717, 1.165) is 12.2 Å². The van der Waals surface area contributed by atoms with Gasteiger partial charge in [-0.25, -0.2) is 4.79 Å². The average molecular weight is 323 g/mol. The van der Waals surface area contributed by atoms with Crippen LogP contribution in [0.4, 0.5) is 11.4 Å². The lowest BCUT2D eigenvalue weighted by Gasteiger charge is -2.07. The fourth-order valence-electron chi connectivity index (χ4n) is 1.32. The number of nitrogens with zero attached hydrogens (tertiary/aromatic N) is 1. The van der Waals surface area contributed by atoms with E-state index in [1.165, 1.54) is 24.3 Å². The molecule has 0 spiro atoms. The van der Waals surface area contributed by atoms with E-state index < -0.39 is 16.8 Å². The number of nitrogens with one attached hydrogen (secondary N) is 2. The number of anilines is 1. The number of nitro benzene ring substituents is 1. The molecular formula is C13H13N3O5S. The van der Waals surface area contributed by atoms with E-state index in [1.807, 2.05) is 0 Å². The summed E-state index contributed by atoms with van der Waals surface area (Å²) in [5.74, 6) is -1.24. The van der Waals surface area contributed by atoms with Crippen molar-refractivity contribution >= 4 is 40.6 Å². The molecule has 9 heteroatoms. The Kier molecular flexibility index (Phi) is 6.64. The van der Waals surface area contributed by atoms with Gasteiger partial charge >= 0.3 is 5.97 Å². The van der Waals surface area contributed by atoms with Gasteiger partial charge in [0.2, 0.25) is 5.91 Å². The Hall–Kier alpha value is -2.81. The minimum Gasteiger partial charge on any atom is -0.463 e. The van der Waals surface area contributed by atoms with Gasteiger partial charge in [0.05, 0.1) is 11.5 Å².